The zero-order valence-corrected chi connectivity index (χ0v) is 11.0. The van der Waals surface area contributed by atoms with Gasteiger partial charge in [0.2, 0.25) is 5.88 Å². The molecule has 0 fully saturated rings. The molecule has 0 aliphatic carbocycles. The summed E-state index contributed by atoms with van der Waals surface area (Å²) >= 11 is 0. The topological polar surface area (TPSA) is 72.3 Å². The molecule has 1 unspecified atom stereocenters. The molecule has 0 bridgehead atoms. The first-order valence-corrected chi connectivity index (χ1v) is 6.26. The van der Waals surface area contributed by atoms with Crippen molar-refractivity contribution >= 4 is 16.9 Å². The normalized spacial score (nSPS) is 12.3. The molecule has 0 saturated heterocycles. The third kappa shape index (κ3) is 2.99. The van der Waals surface area contributed by atoms with E-state index in [1.54, 1.807) is 6.07 Å². The van der Waals surface area contributed by atoms with Crippen LogP contribution in [-0.4, -0.2) is 27.1 Å². The molecular formula is C14H16N2O3. The summed E-state index contributed by atoms with van der Waals surface area (Å²) in [7, 11) is 0. The molecule has 0 saturated carbocycles. The Hall–Kier alpha value is -2.17. The summed E-state index contributed by atoms with van der Waals surface area (Å²) in [5.74, 6) is -0.467. The molecule has 19 heavy (non-hydrogen) atoms. The quantitative estimate of drug-likeness (QED) is 0.894. The van der Waals surface area contributed by atoms with Crippen LogP contribution in [0.1, 0.15) is 37.0 Å². The van der Waals surface area contributed by atoms with Crippen molar-refractivity contribution in [3.63, 3.8) is 0 Å². The molecule has 0 aliphatic rings. The summed E-state index contributed by atoms with van der Waals surface area (Å²) < 4.78 is 5.77. The predicted octanol–water partition coefficient (Wildman–Crippen LogP) is 2.90. The van der Waals surface area contributed by atoms with Gasteiger partial charge in [-0.2, -0.15) is 0 Å². The maximum Gasteiger partial charge on any atom is 0.335 e. The Morgan fingerprint density at radius 3 is 2.89 bits per heavy atom. The van der Waals surface area contributed by atoms with Crippen LogP contribution in [0.15, 0.2) is 24.5 Å². The molecule has 100 valence electrons. The molecule has 5 heteroatoms. The van der Waals surface area contributed by atoms with Crippen LogP contribution in [0.3, 0.4) is 0 Å². The van der Waals surface area contributed by atoms with Gasteiger partial charge in [0.1, 0.15) is 6.33 Å². The highest BCUT2D eigenvalue weighted by atomic mass is 16.5. The Balaban J connectivity index is 2.37. The fourth-order valence-corrected chi connectivity index (χ4v) is 1.92. The van der Waals surface area contributed by atoms with Gasteiger partial charge in [-0.05, 0) is 31.5 Å². The molecule has 2 rings (SSSR count). The van der Waals surface area contributed by atoms with Gasteiger partial charge in [-0.25, -0.2) is 14.8 Å². The number of nitrogens with zero attached hydrogens (tertiary/aromatic N) is 2. The smallest absolute Gasteiger partial charge is 0.335 e. The minimum Gasteiger partial charge on any atom is -0.478 e. The third-order valence-electron chi connectivity index (χ3n) is 2.85. The van der Waals surface area contributed by atoms with Crippen LogP contribution in [0, 0.1) is 0 Å². The molecule has 1 aromatic heterocycles. The Labute approximate surface area is 111 Å². The van der Waals surface area contributed by atoms with E-state index >= 15 is 0 Å². The van der Waals surface area contributed by atoms with Gasteiger partial charge in [0.25, 0.3) is 0 Å². The first kappa shape index (κ1) is 13.3. The van der Waals surface area contributed by atoms with Crippen LogP contribution in [0.25, 0.3) is 10.9 Å². The molecule has 0 amide bonds. The molecule has 0 radical (unpaired) electrons. The number of hydrogen-bond donors (Lipinski definition) is 1. The SMILES string of the molecule is CCCC(C)Oc1ncnc2cc(C(=O)O)ccc12. The zero-order valence-electron chi connectivity index (χ0n) is 11.0. The third-order valence-corrected chi connectivity index (χ3v) is 2.85. The van der Waals surface area contributed by atoms with Crippen LogP contribution < -0.4 is 4.74 Å². The van der Waals surface area contributed by atoms with Gasteiger partial charge in [-0.15, -0.1) is 0 Å². The number of benzene rings is 1. The molecule has 1 aromatic carbocycles. The minimum absolute atomic E-state index is 0.0715. The van der Waals surface area contributed by atoms with E-state index in [4.69, 9.17) is 9.84 Å². The van der Waals surface area contributed by atoms with Crippen molar-refractivity contribution in [2.24, 2.45) is 0 Å². The lowest BCUT2D eigenvalue weighted by Gasteiger charge is -2.14. The van der Waals surface area contributed by atoms with Crippen LogP contribution >= 0.6 is 0 Å². The maximum absolute atomic E-state index is 10.9. The van der Waals surface area contributed by atoms with Crippen LogP contribution in [-0.2, 0) is 0 Å². The van der Waals surface area contributed by atoms with Crippen molar-refractivity contribution < 1.29 is 14.6 Å². The Bertz CT molecular complexity index is 598. The Morgan fingerprint density at radius 1 is 1.42 bits per heavy atom. The first-order chi connectivity index (χ1) is 9.11. The maximum atomic E-state index is 10.9. The average Bonchev–Trinajstić information content (AvgIpc) is 2.38. The molecule has 5 nitrogen and oxygen atoms in total. The summed E-state index contributed by atoms with van der Waals surface area (Å²) in [6, 6.07) is 4.74. The fraction of sp³-hybridized carbons (Fsp3) is 0.357. The van der Waals surface area contributed by atoms with Crippen LogP contribution in [0.5, 0.6) is 5.88 Å². The number of aromatic nitrogens is 2. The van der Waals surface area contributed by atoms with Crippen LogP contribution in [0.4, 0.5) is 0 Å². The number of ether oxygens (including phenoxy) is 1. The summed E-state index contributed by atoms with van der Waals surface area (Å²) in [6.07, 6.45) is 3.44. The van der Waals surface area contributed by atoms with Crippen molar-refractivity contribution in [1.82, 2.24) is 9.97 Å². The Kier molecular flexibility index (Phi) is 3.94. The van der Waals surface area contributed by atoms with Crippen molar-refractivity contribution in [1.29, 1.82) is 0 Å². The molecule has 1 N–H and O–H groups in total. The van der Waals surface area contributed by atoms with E-state index in [1.165, 1.54) is 18.5 Å². The highest BCUT2D eigenvalue weighted by Crippen LogP contribution is 2.23. The van der Waals surface area contributed by atoms with E-state index in [9.17, 15) is 4.79 Å². The van der Waals surface area contributed by atoms with E-state index in [-0.39, 0.29) is 11.7 Å². The van der Waals surface area contributed by atoms with Crippen molar-refractivity contribution in [2.75, 3.05) is 0 Å². The van der Waals surface area contributed by atoms with E-state index < -0.39 is 5.97 Å². The monoisotopic (exact) mass is 260 g/mol. The van der Waals surface area contributed by atoms with Gasteiger partial charge in [0, 0.05) is 0 Å². The highest BCUT2D eigenvalue weighted by molar-refractivity contribution is 5.94. The van der Waals surface area contributed by atoms with Gasteiger partial charge in [-0.1, -0.05) is 13.3 Å². The number of carboxylic acid groups (broad SMARTS) is 1. The van der Waals surface area contributed by atoms with E-state index in [2.05, 4.69) is 16.9 Å². The zero-order chi connectivity index (χ0) is 13.8. The number of rotatable bonds is 5. The van der Waals surface area contributed by atoms with Gasteiger partial charge in [0.05, 0.1) is 22.6 Å². The summed E-state index contributed by atoms with van der Waals surface area (Å²) in [4.78, 5) is 19.1. The number of hydrogen-bond acceptors (Lipinski definition) is 4. The van der Waals surface area contributed by atoms with E-state index in [0.29, 0.717) is 11.4 Å². The minimum atomic E-state index is -0.970. The lowest BCUT2D eigenvalue weighted by atomic mass is 10.1. The number of carboxylic acids is 1. The molecule has 1 heterocycles. The highest BCUT2D eigenvalue weighted by Gasteiger charge is 2.11. The van der Waals surface area contributed by atoms with Crippen LogP contribution in [0.2, 0.25) is 0 Å². The number of carbonyl (C=O) groups is 1. The predicted molar refractivity (Wildman–Crippen MR) is 71.5 cm³/mol. The molecule has 1 atom stereocenters. The van der Waals surface area contributed by atoms with Gasteiger partial charge < -0.3 is 9.84 Å². The van der Waals surface area contributed by atoms with E-state index in [1.807, 2.05) is 6.92 Å². The van der Waals surface area contributed by atoms with Gasteiger partial charge in [-0.3, -0.25) is 0 Å². The average molecular weight is 260 g/mol. The standard InChI is InChI=1S/C14H16N2O3/c1-3-4-9(2)19-13-11-6-5-10(14(17)18)7-12(11)15-8-16-13/h5-9H,3-4H2,1-2H3,(H,17,18). The number of aromatic carboxylic acids is 1. The first-order valence-electron chi connectivity index (χ1n) is 6.26. The Morgan fingerprint density at radius 2 is 2.21 bits per heavy atom. The van der Waals surface area contributed by atoms with Crippen molar-refractivity contribution in [3.05, 3.63) is 30.1 Å². The molecule has 0 spiro atoms. The molecule has 2 aromatic rings. The lowest BCUT2D eigenvalue weighted by Crippen LogP contribution is -2.12. The van der Waals surface area contributed by atoms with Crippen molar-refractivity contribution in [3.8, 4) is 5.88 Å². The lowest BCUT2D eigenvalue weighted by molar-refractivity contribution is 0.0697. The summed E-state index contributed by atoms with van der Waals surface area (Å²) in [6.45, 7) is 4.08. The largest absolute Gasteiger partial charge is 0.478 e. The fourth-order valence-electron chi connectivity index (χ4n) is 1.92. The second kappa shape index (κ2) is 5.65. The van der Waals surface area contributed by atoms with Gasteiger partial charge in [0.15, 0.2) is 0 Å². The van der Waals surface area contributed by atoms with E-state index in [0.717, 1.165) is 18.2 Å². The summed E-state index contributed by atoms with van der Waals surface area (Å²) in [5.41, 5.74) is 0.785. The second-order valence-electron chi connectivity index (χ2n) is 4.43. The second-order valence-corrected chi connectivity index (χ2v) is 4.43. The summed E-state index contributed by atoms with van der Waals surface area (Å²) in [5, 5.41) is 9.69. The number of fused-ring (bicyclic) bond motifs is 1. The molecule has 0 aliphatic heterocycles. The molecular weight excluding hydrogens is 244 g/mol. The van der Waals surface area contributed by atoms with Gasteiger partial charge >= 0.3 is 5.97 Å². The van der Waals surface area contributed by atoms with Crippen molar-refractivity contribution in [2.45, 2.75) is 32.8 Å².